The van der Waals surface area contributed by atoms with Crippen molar-refractivity contribution in [1.29, 1.82) is 0 Å². The Labute approximate surface area is 44.0 Å². The van der Waals surface area contributed by atoms with Gasteiger partial charge in [-0.3, -0.25) is 9.98 Å². The Balaban J connectivity index is 2.98. The van der Waals surface area contributed by atoms with Crippen LogP contribution in [0.15, 0.2) is 9.98 Å². The molecule has 7 heavy (non-hydrogen) atoms. The minimum Gasteiger partial charge on any atom is -0.274 e. The third-order valence-electron chi connectivity index (χ3n) is 0.528. The number of hydrogen-bond acceptors (Lipinski definition) is 2. The van der Waals surface area contributed by atoms with Crippen molar-refractivity contribution in [2.24, 2.45) is 9.98 Å². The van der Waals surface area contributed by atoms with E-state index in [0.29, 0.717) is 6.67 Å². The van der Waals surface area contributed by atoms with Gasteiger partial charge in [-0.1, -0.05) is 0 Å². The summed E-state index contributed by atoms with van der Waals surface area (Å²) in [7, 11) is 0. The van der Waals surface area contributed by atoms with Crippen LogP contribution in [0.1, 0.15) is 13.8 Å². The maximum absolute atomic E-state index is 3.84. The number of rotatable bonds is 2. The maximum atomic E-state index is 3.84. The van der Waals surface area contributed by atoms with Crippen molar-refractivity contribution in [1.82, 2.24) is 0 Å². The molecule has 0 spiro atoms. The second-order valence-corrected chi connectivity index (χ2v) is 1.02. The summed E-state index contributed by atoms with van der Waals surface area (Å²) in [5.74, 6) is 0. The molecule has 40 valence electrons. The molecule has 0 unspecified atom stereocenters. The zero-order valence-electron chi connectivity index (χ0n) is 4.76. The highest BCUT2D eigenvalue weighted by molar-refractivity contribution is 5.55. The summed E-state index contributed by atoms with van der Waals surface area (Å²) in [5, 5.41) is 0. The van der Waals surface area contributed by atoms with Gasteiger partial charge in [0, 0.05) is 0 Å². The molecule has 0 aromatic rings. The van der Waals surface area contributed by atoms with Gasteiger partial charge >= 0.3 is 0 Å². The quantitative estimate of drug-likeness (QED) is 0.462. The summed E-state index contributed by atoms with van der Waals surface area (Å²) in [6.07, 6.45) is 3.49. The van der Waals surface area contributed by atoms with Crippen LogP contribution in [0.25, 0.3) is 0 Å². The van der Waals surface area contributed by atoms with Crippen molar-refractivity contribution in [2.45, 2.75) is 13.8 Å². The summed E-state index contributed by atoms with van der Waals surface area (Å²) in [6.45, 7) is 4.34. The van der Waals surface area contributed by atoms with Gasteiger partial charge in [0.25, 0.3) is 0 Å². The van der Waals surface area contributed by atoms with E-state index in [2.05, 4.69) is 9.98 Å². The second kappa shape index (κ2) is 5.34. The van der Waals surface area contributed by atoms with Crippen LogP contribution < -0.4 is 0 Å². The highest BCUT2D eigenvalue weighted by atomic mass is 14.9. The van der Waals surface area contributed by atoms with Crippen molar-refractivity contribution in [3.05, 3.63) is 0 Å². The maximum Gasteiger partial charge on any atom is 0.128 e. The predicted octanol–water partition coefficient (Wildman–Crippen LogP) is 1.13. The van der Waals surface area contributed by atoms with Gasteiger partial charge in [0.05, 0.1) is 0 Å². The Hall–Kier alpha value is -0.660. The number of aliphatic imine (C=N–C) groups is 2. The Morgan fingerprint density at radius 1 is 1.14 bits per heavy atom. The zero-order chi connectivity index (χ0) is 5.54. The fourth-order valence-corrected chi connectivity index (χ4v) is 0.210. The number of hydrogen-bond donors (Lipinski definition) is 0. The van der Waals surface area contributed by atoms with E-state index in [4.69, 9.17) is 0 Å². The lowest BCUT2D eigenvalue weighted by Crippen LogP contribution is -1.71. The Bertz CT molecular complexity index is 64.1. The molecule has 0 aliphatic rings. The van der Waals surface area contributed by atoms with Crippen LogP contribution in [-0.2, 0) is 0 Å². The molecule has 0 radical (unpaired) electrons. The molecule has 0 aliphatic carbocycles. The molecule has 0 aromatic heterocycles. The molecule has 0 bridgehead atoms. The first-order valence-corrected chi connectivity index (χ1v) is 2.30. The summed E-state index contributed by atoms with van der Waals surface area (Å²) in [6, 6.07) is 0. The van der Waals surface area contributed by atoms with E-state index in [1.165, 1.54) is 0 Å². The van der Waals surface area contributed by atoms with E-state index in [1.54, 1.807) is 12.4 Å². The molecule has 0 saturated heterocycles. The lowest BCUT2D eigenvalue weighted by Gasteiger charge is -1.76. The average Bonchev–Trinajstić information content (AvgIpc) is 1.69. The van der Waals surface area contributed by atoms with E-state index >= 15 is 0 Å². The molecule has 0 amide bonds. The summed E-state index contributed by atoms with van der Waals surface area (Å²) in [5.41, 5.74) is 0. The molecule has 0 aliphatic heterocycles. The Morgan fingerprint density at radius 2 is 1.57 bits per heavy atom. The fraction of sp³-hybridized carbons (Fsp3) is 0.600. The van der Waals surface area contributed by atoms with Crippen molar-refractivity contribution in [3.63, 3.8) is 0 Å². The highest BCUT2D eigenvalue weighted by Gasteiger charge is 1.60. The van der Waals surface area contributed by atoms with E-state index in [-0.39, 0.29) is 0 Å². The molecule has 0 fully saturated rings. The molecule has 0 saturated carbocycles. The lowest BCUT2D eigenvalue weighted by atomic mass is 10.8. The van der Waals surface area contributed by atoms with Crippen LogP contribution in [0.2, 0.25) is 0 Å². The predicted molar refractivity (Wildman–Crippen MR) is 33.2 cm³/mol. The van der Waals surface area contributed by atoms with Crippen molar-refractivity contribution >= 4 is 12.4 Å². The summed E-state index contributed by atoms with van der Waals surface area (Å²) in [4.78, 5) is 7.68. The molecular formula is C5H10N2. The molecule has 0 rings (SSSR count). The van der Waals surface area contributed by atoms with Crippen molar-refractivity contribution < 1.29 is 0 Å². The summed E-state index contributed by atoms with van der Waals surface area (Å²) >= 11 is 0. The number of nitrogens with zero attached hydrogens (tertiary/aromatic N) is 2. The molecule has 0 N–H and O–H groups in total. The van der Waals surface area contributed by atoms with Gasteiger partial charge in [0.15, 0.2) is 0 Å². The molecule has 0 atom stereocenters. The molecule has 2 nitrogen and oxygen atoms in total. The van der Waals surface area contributed by atoms with Gasteiger partial charge in [-0.25, -0.2) is 0 Å². The van der Waals surface area contributed by atoms with Gasteiger partial charge < -0.3 is 0 Å². The van der Waals surface area contributed by atoms with E-state index in [9.17, 15) is 0 Å². The average molecular weight is 98.1 g/mol. The normalized spacial score (nSPS) is 11.7. The lowest BCUT2D eigenvalue weighted by molar-refractivity contribution is 1.08. The minimum absolute atomic E-state index is 0.576. The molecule has 0 aromatic carbocycles. The fourth-order valence-electron chi connectivity index (χ4n) is 0.210. The van der Waals surface area contributed by atoms with Crippen LogP contribution in [0, 0.1) is 0 Å². The molecular weight excluding hydrogens is 88.1 g/mol. The van der Waals surface area contributed by atoms with E-state index in [1.807, 2.05) is 13.8 Å². The van der Waals surface area contributed by atoms with Crippen LogP contribution in [0.5, 0.6) is 0 Å². The van der Waals surface area contributed by atoms with Gasteiger partial charge in [-0.15, -0.1) is 0 Å². The third-order valence-corrected chi connectivity index (χ3v) is 0.528. The van der Waals surface area contributed by atoms with Gasteiger partial charge in [-0.05, 0) is 26.3 Å². The first kappa shape index (κ1) is 6.34. The van der Waals surface area contributed by atoms with Crippen molar-refractivity contribution in [3.8, 4) is 0 Å². The minimum atomic E-state index is 0.576. The third kappa shape index (κ3) is 5.34. The van der Waals surface area contributed by atoms with Gasteiger partial charge in [-0.2, -0.15) is 0 Å². The summed E-state index contributed by atoms with van der Waals surface area (Å²) < 4.78 is 0. The van der Waals surface area contributed by atoms with Crippen LogP contribution >= 0.6 is 0 Å². The standard InChI is InChI=1S/C5H10N2/c1-3-6-5-7-4-2/h3-4H,5H2,1-2H3/b6-3-,7-4-. The zero-order valence-corrected chi connectivity index (χ0v) is 4.76. The second-order valence-electron chi connectivity index (χ2n) is 1.02. The highest BCUT2D eigenvalue weighted by Crippen LogP contribution is 1.66. The monoisotopic (exact) mass is 98.1 g/mol. The largest absolute Gasteiger partial charge is 0.274 e. The van der Waals surface area contributed by atoms with Gasteiger partial charge in [0.1, 0.15) is 6.67 Å². The van der Waals surface area contributed by atoms with E-state index < -0.39 is 0 Å². The van der Waals surface area contributed by atoms with E-state index in [0.717, 1.165) is 0 Å². The van der Waals surface area contributed by atoms with Crippen molar-refractivity contribution in [2.75, 3.05) is 6.67 Å². The topological polar surface area (TPSA) is 24.7 Å². The SMILES string of the molecule is C/C=N\C/N=C\C. The molecule has 0 heterocycles. The first-order chi connectivity index (χ1) is 3.41. The van der Waals surface area contributed by atoms with Crippen LogP contribution in [0.4, 0.5) is 0 Å². The Morgan fingerprint density at radius 3 is 1.86 bits per heavy atom. The molecule has 2 heteroatoms. The van der Waals surface area contributed by atoms with Crippen LogP contribution in [-0.4, -0.2) is 19.1 Å². The first-order valence-electron chi connectivity index (χ1n) is 2.30. The Kier molecular flexibility index (Phi) is 4.84. The van der Waals surface area contributed by atoms with Gasteiger partial charge in [0.2, 0.25) is 0 Å². The van der Waals surface area contributed by atoms with Crippen LogP contribution in [0.3, 0.4) is 0 Å². The smallest absolute Gasteiger partial charge is 0.128 e.